The maximum absolute atomic E-state index is 12.3. The van der Waals surface area contributed by atoms with E-state index in [1.165, 1.54) is 17.8 Å². The molecule has 184 valence electrons. The first-order valence-corrected chi connectivity index (χ1v) is 11.8. The van der Waals surface area contributed by atoms with Crippen LogP contribution in [0, 0.1) is 13.8 Å². The zero-order valence-electron chi connectivity index (χ0n) is 20.4. The highest BCUT2D eigenvalue weighted by Crippen LogP contribution is 2.28. The number of nitrogens with zero attached hydrogens (tertiary/aromatic N) is 3. The van der Waals surface area contributed by atoms with E-state index in [9.17, 15) is 9.59 Å². The number of benzene rings is 2. The number of amides is 2. The number of aromatic nitrogens is 3. The van der Waals surface area contributed by atoms with Crippen molar-refractivity contribution in [3.05, 3.63) is 65.0 Å². The average Bonchev–Trinajstić information content (AvgIpc) is 3.18. The van der Waals surface area contributed by atoms with Crippen molar-refractivity contribution in [1.82, 2.24) is 20.1 Å². The molecule has 0 fully saturated rings. The summed E-state index contributed by atoms with van der Waals surface area (Å²) < 4.78 is 12.2. The fourth-order valence-electron chi connectivity index (χ4n) is 3.35. The topological polar surface area (TPSA) is 107 Å². The van der Waals surface area contributed by atoms with E-state index in [0.717, 1.165) is 22.4 Å². The lowest BCUT2D eigenvalue weighted by molar-refractivity contribution is -0.116. The third-order valence-corrected chi connectivity index (χ3v) is 6.04. The molecule has 0 bridgehead atoms. The van der Waals surface area contributed by atoms with E-state index in [4.69, 9.17) is 9.47 Å². The van der Waals surface area contributed by atoms with Gasteiger partial charge in [0.05, 0.1) is 26.5 Å². The van der Waals surface area contributed by atoms with E-state index < -0.39 is 0 Å². The van der Waals surface area contributed by atoms with E-state index in [2.05, 4.69) is 26.9 Å². The summed E-state index contributed by atoms with van der Waals surface area (Å²) in [5, 5.41) is 14.5. The minimum Gasteiger partial charge on any atom is -0.493 e. The van der Waals surface area contributed by atoms with Crippen molar-refractivity contribution in [2.24, 2.45) is 7.05 Å². The van der Waals surface area contributed by atoms with Gasteiger partial charge in [0.15, 0.2) is 22.5 Å². The van der Waals surface area contributed by atoms with Gasteiger partial charge in [-0.05, 0) is 60.9 Å². The summed E-state index contributed by atoms with van der Waals surface area (Å²) in [7, 11) is 4.92. The summed E-state index contributed by atoms with van der Waals surface area (Å²) in [5.41, 5.74) is 3.75. The molecular formula is C25H29N5O4S. The van der Waals surface area contributed by atoms with Crippen LogP contribution in [0.2, 0.25) is 0 Å². The highest BCUT2D eigenvalue weighted by Gasteiger charge is 2.12. The second-order valence-corrected chi connectivity index (χ2v) is 8.78. The number of methoxy groups -OCH3 is 2. The summed E-state index contributed by atoms with van der Waals surface area (Å²) in [5.74, 6) is 1.58. The normalized spacial score (nSPS) is 10.9. The molecule has 10 heteroatoms. The Kier molecular flexibility index (Phi) is 8.91. The lowest BCUT2D eigenvalue weighted by atomic mass is 10.1. The average molecular weight is 496 g/mol. The summed E-state index contributed by atoms with van der Waals surface area (Å²) in [6.07, 6.45) is 3.12. The van der Waals surface area contributed by atoms with Crippen LogP contribution in [0.1, 0.15) is 22.5 Å². The number of rotatable bonds is 10. The molecule has 0 spiro atoms. The third kappa shape index (κ3) is 7.35. The van der Waals surface area contributed by atoms with Gasteiger partial charge < -0.3 is 24.7 Å². The highest BCUT2D eigenvalue weighted by atomic mass is 32.2. The van der Waals surface area contributed by atoms with E-state index in [-0.39, 0.29) is 24.1 Å². The molecule has 2 amide bonds. The number of carbonyl (C=O) groups excluding carboxylic acids is 2. The van der Waals surface area contributed by atoms with Gasteiger partial charge in [0.25, 0.3) is 0 Å². The molecule has 3 rings (SSSR count). The van der Waals surface area contributed by atoms with Crippen molar-refractivity contribution in [2.45, 2.75) is 25.5 Å². The molecule has 35 heavy (non-hydrogen) atoms. The van der Waals surface area contributed by atoms with Gasteiger partial charge in [-0.1, -0.05) is 23.9 Å². The molecule has 2 N–H and O–H groups in total. The van der Waals surface area contributed by atoms with Crippen LogP contribution in [-0.2, 0) is 23.2 Å². The van der Waals surface area contributed by atoms with Crippen molar-refractivity contribution in [3.8, 4) is 11.5 Å². The highest BCUT2D eigenvalue weighted by molar-refractivity contribution is 7.99. The SMILES string of the molecule is COc1ccc(/C=C/C(=O)NCc2nnc(SCC(=O)Nc3cc(C)cc(C)c3)n2C)cc1OC. The Balaban J connectivity index is 1.50. The largest absolute Gasteiger partial charge is 0.493 e. The van der Waals surface area contributed by atoms with Crippen LogP contribution in [0.4, 0.5) is 5.69 Å². The van der Waals surface area contributed by atoms with Crippen LogP contribution in [-0.4, -0.2) is 46.6 Å². The smallest absolute Gasteiger partial charge is 0.244 e. The summed E-state index contributed by atoms with van der Waals surface area (Å²) >= 11 is 1.28. The molecule has 0 aliphatic rings. The van der Waals surface area contributed by atoms with Gasteiger partial charge in [-0.15, -0.1) is 10.2 Å². The molecule has 0 saturated heterocycles. The number of carbonyl (C=O) groups is 2. The number of aryl methyl sites for hydroxylation is 2. The third-order valence-electron chi connectivity index (χ3n) is 5.02. The molecule has 1 aromatic heterocycles. The van der Waals surface area contributed by atoms with Crippen LogP contribution in [0.5, 0.6) is 11.5 Å². The Bertz CT molecular complexity index is 1220. The molecule has 0 aliphatic carbocycles. The summed E-state index contributed by atoms with van der Waals surface area (Å²) in [4.78, 5) is 24.6. The standard InChI is InChI=1S/C25H29N5O4S/c1-16-10-17(2)12-19(11-16)27-24(32)15-35-25-29-28-22(30(25)3)14-26-23(31)9-7-18-6-8-20(33-4)21(13-18)34-5/h6-13H,14-15H2,1-5H3,(H,26,31)(H,27,32)/b9-7+. The molecule has 0 radical (unpaired) electrons. The first-order chi connectivity index (χ1) is 16.8. The van der Waals surface area contributed by atoms with Gasteiger partial charge in [0.1, 0.15) is 0 Å². The Hall–Kier alpha value is -3.79. The molecule has 2 aromatic carbocycles. The summed E-state index contributed by atoms with van der Waals surface area (Å²) in [6.45, 7) is 4.18. The fourth-order valence-corrected chi connectivity index (χ4v) is 4.08. The Morgan fingerprint density at radius 1 is 1.03 bits per heavy atom. The molecule has 0 atom stereocenters. The van der Waals surface area contributed by atoms with Gasteiger partial charge in [-0.3, -0.25) is 9.59 Å². The van der Waals surface area contributed by atoms with Gasteiger partial charge in [-0.25, -0.2) is 0 Å². The fraction of sp³-hybridized carbons (Fsp3) is 0.280. The van der Waals surface area contributed by atoms with Crippen LogP contribution >= 0.6 is 11.8 Å². The number of thioether (sulfide) groups is 1. The number of hydrogen-bond donors (Lipinski definition) is 2. The number of nitrogens with one attached hydrogen (secondary N) is 2. The second kappa shape index (κ2) is 12.1. The van der Waals surface area contributed by atoms with Crippen molar-refractivity contribution < 1.29 is 19.1 Å². The Labute approximate surface area is 208 Å². The van der Waals surface area contributed by atoms with Crippen LogP contribution in [0.25, 0.3) is 6.08 Å². The molecule has 0 saturated carbocycles. The first-order valence-electron chi connectivity index (χ1n) is 10.9. The molecule has 3 aromatic rings. The lowest BCUT2D eigenvalue weighted by Gasteiger charge is -2.08. The van der Waals surface area contributed by atoms with Gasteiger partial charge in [0, 0.05) is 18.8 Å². The quantitative estimate of drug-likeness (QED) is 0.327. The van der Waals surface area contributed by atoms with Gasteiger partial charge in [-0.2, -0.15) is 0 Å². The predicted octanol–water partition coefficient (Wildman–Crippen LogP) is 3.51. The first kappa shape index (κ1) is 25.8. The lowest BCUT2D eigenvalue weighted by Crippen LogP contribution is -2.22. The molecule has 1 heterocycles. The molecule has 0 aliphatic heterocycles. The van der Waals surface area contributed by atoms with E-state index in [0.29, 0.717) is 22.5 Å². The van der Waals surface area contributed by atoms with E-state index >= 15 is 0 Å². The predicted molar refractivity (Wildman–Crippen MR) is 137 cm³/mol. The van der Waals surface area contributed by atoms with Crippen LogP contribution in [0.15, 0.2) is 47.6 Å². The number of ether oxygens (including phenoxy) is 2. The van der Waals surface area contributed by atoms with Crippen LogP contribution in [0.3, 0.4) is 0 Å². The van der Waals surface area contributed by atoms with Crippen molar-refractivity contribution >= 4 is 35.3 Å². The maximum atomic E-state index is 12.3. The van der Waals surface area contributed by atoms with Crippen LogP contribution < -0.4 is 20.1 Å². The molecule has 0 unspecified atom stereocenters. The number of hydrogen-bond acceptors (Lipinski definition) is 7. The van der Waals surface area contributed by atoms with Gasteiger partial charge in [0.2, 0.25) is 11.8 Å². The Morgan fingerprint density at radius 2 is 1.74 bits per heavy atom. The Morgan fingerprint density at radius 3 is 2.43 bits per heavy atom. The van der Waals surface area contributed by atoms with E-state index in [1.54, 1.807) is 44.0 Å². The second-order valence-electron chi connectivity index (χ2n) is 7.84. The summed E-state index contributed by atoms with van der Waals surface area (Å²) in [6, 6.07) is 11.3. The molecule has 9 nitrogen and oxygen atoms in total. The van der Waals surface area contributed by atoms with E-state index in [1.807, 2.05) is 32.0 Å². The van der Waals surface area contributed by atoms with Crippen molar-refractivity contribution in [3.63, 3.8) is 0 Å². The van der Waals surface area contributed by atoms with Crippen molar-refractivity contribution in [2.75, 3.05) is 25.3 Å². The van der Waals surface area contributed by atoms with Gasteiger partial charge >= 0.3 is 0 Å². The monoisotopic (exact) mass is 495 g/mol. The minimum atomic E-state index is -0.273. The molecular weight excluding hydrogens is 466 g/mol. The zero-order valence-corrected chi connectivity index (χ0v) is 21.2. The minimum absolute atomic E-state index is 0.127. The number of anilines is 1. The zero-order chi connectivity index (χ0) is 25.4. The maximum Gasteiger partial charge on any atom is 0.244 e. The van der Waals surface area contributed by atoms with Crippen molar-refractivity contribution in [1.29, 1.82) is 0 Å².